The maximum atomic E-state index is 12.2. The second-order valence-electron chi connectivity index (χ2n) is 6.37. The van der Waals surface area contributed by atoms with Crippen molar-refractivity contribution in [3.05, 3.63) is 24.3 Å². The van der Waals surface area contributed by atoms with Crippen molar-refractivity contribution >= 4 is 23.5 Å². The van der Waals surface area contributed by atoms with Crippen LogP contribution in [0.15, 0.2) is 24.3 Å². The van der Waals surface area contributed by atoms with Crippen LogP contribution in [0.1, 0.15) is 39.0 Å². The van der Waals surface area contributed by atoms with Crippen LogP contribution in [0, 0.1) is 5.92 Å². The third kappa shape index (κ3) is 5.75. The summed E-state index contributed by atoms with van der Waals surface area (Å²) in [5.41, 5.74) is 0.494. The van der Waals surface area contributed by atoms with E-state index < -0.39 is 18.0 Å². The van der Waals surface area contributed by atoms with E-state index in [9.17, 15) is 14.4 Å². The molecule has 0 aromatic heterocycles. The van der Waals surface area contributed by atoms with Gasteiger partial charge in [0.1, 0.15) is 12.3 Å². The molecular weight excluding hydrogens is 336 g/mol. The monoisotopic (exact) mass is 362 g/mol. The molecule has 2 N–H and O–H groups in total. The van der Waals surface area contributed by atoms with Gasteiger partial charge in [-0.1, -0.05) is 31.4 Å². The van der Waals surface area contributed by atoms with Gasteiger partial charge in [0.2, 0.25) is 5.91 Å². The Hall–Kier alpha value is -2.57. The molecule has 7 nitrogen and oxygen atoms in total. The van der Waals surface area contributed by atoms with Crippen LogP contribution in [0.3, 0.4) is 0 Å². The molecule has 1 aromatic carbocycles. The standard InChI is InChI=1S/C19H26N2O5/c1-13(18(23)21-15-10-6-7-11-16(15)25-2)26-17(22)12-20-19(24)14-8-4-3-5-9-14/h6-7,10-11,13-14H,3-5,8-9,12H2,1-2H3,(H,20,24)(H,21,23). The van der Waals surface area contributed by atoms with E-state index in [1.807, 2.05) is 0 Å². The van der Waals surface area contributed by atoms with E-state index in [4.69, 9.17) is 9.47 Å². The van der Waals surface area contributed by atoms with Gasteiger partial charge in [0.15, 0.2) is 6.10 Å². The van der Waals surface area contributed by atoms with Crippen LogP contribution >= 0.6 is 0 Å². The SMILES string of the molecule is COc1ccccc1NC(=O)C(C)OC(=O)CNC(=O)C1CCCCC1. The molecule has 0 bridgehead atoms. The van der Waals surface area contributed by atoms with Crippen molar-refractivity contribution in [3.63, 3.8) is 0 Å². The average Bonchev–Trinajstić information content (AvgIpc) is 2.67. The summed E-state index contributed by atoms with van der Waals surface area (Å²) in [4.78, 5) is 36.1. The molecule has 2 amide bonds. The van der Waals surface area contributed by atoms with Crippen LogP contribution in [-0.2, 0) is 19.1 Å². The second kappa shape index (κ2) is 9.79. The van der Waals surface area contributed by atoms with Crippen molar-refractivity contribution in [3.8, 4) is 5.75 Å². The Balaban J connectivity index is 1.76. The summed E-state index contributed by atoms with van der Waals surface area (Å²) in [6.45, 7) is 1.24. The van der Waals surface area contributed by atoms with E-state index in [0.717, 1.165) is 32.1 Å². The number of rotatable bonds is 7. The molecule has 1 fully saturated rings. The molecule has 0 aliphatic heterocycles. The molecule has 1 saturated carbocycles. The first-order valence-corrected chi connectivity index (χ1v) is 8.92. The van der Waals surface area contributed by atoms with Crippen LogP contribution in [0.25, 0.3) is 0 Å². The molecular formula is C19H26N2O5. The highest BCUT2D eigenvalue weighted by molar-refractivity contribution is 5.96. The fourth-order valence-corrected chi connectivity index (χ4v) is 2.94. The normalized spacial score (nSPS) is 15.6. The number of methoxy groups -OCH3 is 1. The summed E-state index contributed by atoms with van der Waals surface area (Å²) in [5, 5.41) is 5.25. The number of amides is 2. The molecule has 1 aliphatic carbocycles. The van der Waals surface area contributed by atoms with E-state index in [1.165, 1.54) is 14.0 Å². The molecule has 0 saturated heterocycles. The number of esters is 1. The summed E-state index contributed by atoms with van der Waals surface area (Å²) < 4.78 is 10.2. The quantitative estimate of drug-likeness (QED) is 0.726. The van der Waals surface area contributed by atoms with Crippen LogP contribution < -0.4 is 15.4 Å². The summed E-state index contributed by atoms with van der Waals surface area (Å²) >= 11 is 0. The van der Waals surface area contributed by atoms with Crippen LogP contribution in [-0.4, -0.2) is 37.5 Å². The number of benzene rings is 1. The van der Waals surface area contributed by atoms with Gasteiger partial charge in [-0.05, 0) is 31.9 Å². The van der Waals surface area contributed by atoms with Crippen molar-refractivity contribution in [1.29, 1.82) is 0 Å². The third-order valence-corrected chi connectivity index (χ3v) is 4.43. The number of ether oxygens (including phenoxy) is 2. The Bertz CT molecular complexity index is 641. The number of hydrogen-bond acceptors (Lipinski definition) is 5. The number of para-hydroxylation sites is 2. The molecule has 7 heteroatoms. The number of nitrogens with one attached hydrogen (secondary N) is 2. The first-order valence-electron chi connectivity index (χ1n) is 8.92. The van der Waals surface area contributed by atoms with E-state index in [2.05, 4.69) is 10.6 Å². The lowest BCUT2D eigenvalue weighted by Crippen LogP contribution is -2.38. The lowest BCUT2D eigenvalue weighted by Gasteiger charge is -2.20. The molecule has 1 aromatic rings. The molecule has 1 atom stereocenters. The van der Waals surface area contributed by atoms with E-state index in [-0.39, 0.29) is 18.4 Å². The van der Waals surface area contributed by atoms with Crippen molar-refractivity contribution in [2.24, 2.45) is 5.92 Å². The Morgan fingerprint density at radius 3 is 2.54 bits per heavy atom. The summed E-state index contributed by atoms with van der Waals surface area (Å²) in [5.74, 6) is -0.743. The molecule has 0 radical (unpaired) electrons. The highest BCUT2D eigenvalue weighted by Gasteiger charge is 2.23. The fourth-order valence-electron chi connectivity index (χ4n) is 2.94. The van der Waals surface area contributed by atoms with Gasteiger partial charge in [-0.3, -0.25) is 14.4 Å². The summed E-state index contributed by atoms with van der Waals surface area (Å²) in [7, 11) is 1.50. The van der Waals surface area contributed by atoms with E-state index in [0.29, 0.717) is 11.4 Å². The van der Waals surface area contributed by atoms with Gasteiger partial charge in [0.05, 0.1) is 12.8 Å². The molecule has 142 valence electrons. The first kappa shape index (κ1) is 19.8. The van der Waals surface area contributed by atoms with Gasteiger partial charge < -0.3 is 20.1 Å². The lowest BCUT2D eigenvalue weighted by atomic mass is 9.89. The predicted octanol–water partition coefficient (Wildman–Crippen LogP) is 2.26. The number of anilines is 1. The van der Waals surface area contributed by atoms with Gasteiger partial charge in [0.25, 0.3) is 5.91 Å². The Labute approximate surface area is 153 Å². The zero-order valence-electron chi connectivity index (χ0n) is 15.2. The molecule has 1 aliphatic rings. The van der Waals surface area contributed by atoms with Crippen molar-refractivity contribution in [1.82, 2.24) is 5.32 Å². The van der Waals surface area contributed by atoms with Gasteiger partial charge >= 0.3 is 5.97 Å². The van der Waals surface area contributed by atoms with Gasteiger partial charge in [0, 0.05) is 5.92 Å². The third-order valence-electron chi connectivity index (χ3n) is 4.43. The number of carbonyl (C=O) groups excluding carboxylic acids is 3. The minimum absolute atomic E-state index is 0.0252. The van der Waals surface area contributed by atoms with E-state index in [1.54, 1.807) is 24.3 Å². The second-order valence-corrected chi connectivity index (χ2v) is 6.37. The highest BCUT2D eigenvalue weighted by Crippen LogP contribution is 2.24. The molecule has 0 heterocycles. The minimum Gasteiger partial charge on any atom is -0.495 e. The summed E-state index contributed by atoms with van der Waals surface area (Å²) in [6, 6.07) is 6.95. The lowest BCUT2D eigenvalue weighted by molar-refractivity contribution is -0.153. The maximum absolute atomic E-state index is 12.2. The van der Waals surface area contributed by atoms with Crippen molar-refractivity contribution in [2.45, 2.75) is 45.1 Å². The minimum atomic E-state index is -0.987. The smallest absolute Gasteiger partial charge is 0.326 e. The van der Waals surface area contributed by atoms with Gasteiger partial charge in [-0.25, -0.2) is 0 Å². The maximum Gasteiger partial charge on any atom is 0.326 e. The first-order chi connectivity index (χ1) is 12.5. The van der Waals surface area contributed by atoms with Crippen LogP contribution in [0.2, 0.25) is 0 Å². The largest absolute Gasteiger partial charge is 0.495 e. The number of carbonyl (C=O) groups is 3. The zero-order chi connectivity index (χ0) is 18.9. The van der Waals surface area contributed by atoms with Gasteiger partial charge in [-0.2, -0.15) is 0 Å². The van der Waals surface area contributed by atoms with E-state index >= 15 is 0 Å². The topological polar surface area (TPSA) is 93.7 Å². The van der Waals surface area contributed by atoms with Crippen LogP contribution in [0.4, 0.5) is 5.69 Å². The van der Waals surface area contributed by atoms with Crippen molar-refractivity contribution in [2.75, 3.05) is 19.0 Å². The highest BCUT2D eigenvalue weighted by atomic mass is 16.5. The predicted molar refractivity (Wildman–Crippen MR) is 96.8 cm³/mol. The molecule has 26 heavy (non-hydrogen) atoms. The Morgan fingerprint density at radius 1 is 1.15 bits per heavy atom. The van der Waals surface area contributed by atoms with Crippen molar-refractivity contribution < 1.29 is 23.9 Å². The fraction of sp³-hybridized carbons (Fsp3) is 0.526. The van der Waals surface area contributed by atoms with Gasteiger partial charge in [-0.15, -0.1) is 0 Å². The molecule has 1 unspecified atom stereocenters. The Morgan fingerprint density at radius 2 is 1.85 bits per heavy atom. The Kier molecular flexibility index (Phi) is 7.44. The summed E-state index contributed by atoms with van der Waals surface area (Å²) in [6.07, 6.45) is 3.98. The molecule has 0 spiro atoms. The average molecular weight is 362 g/mol. The zero-order valence-corrected chi connectivity index (χ0v) is 15.2. The number of hydrogen-bond donors (Lipinski definition) is 2. The molecule has 2 rings (SSSR count). The van der Waals surface area contributed by atoms with Crippen LogP contribution in [0.5, 0.6) is 5.75 Å².